The van der Waals surface area contributed by atoms with Gasteiger partial charge in [-0.2, -0.15) is 0 Å². The van der Waals surface area contributed by atoms with Crippen molar-refractivity contribution in [2.24, 2.45) is 5.11 Å². The quantitative estimate of drug-likeness (QED) is 0.370. The molecule has 0 saturated heterocycles. The van der Waals surface area contributed by atoms with Crippen LogP contribution in [0.25, 0.3) is 0 Å². The lowest BCUT2D eigenvalue weighted by Gasteiger charge is -2.19. The van der Waals surface area contributed by atoms with Gasteiger partial charge in [-0.1, -0.05) is 0 Å². The Hall–Kier alpha value is -1.95. The monoisotopic (exact) mass is 273 g/mol. The first-order valence-electron chi connectivity index (χ1n) is 6.02. The van der Waals surface area contributed by atoms with Crippen LogP contribution in [0.2, 0.25) is 0 Å². The van der Waals surface area contributed by atoms with E-state index in [1.54, 1.807) is 20.8 Å². The molecule has 0 aliphatic carbocycles. The highest BCUT2D eigenvalue weighted by atomic mass is 16.6. The van der Waals surface area contributed by atoms with Gasteiger partial charge in [-0.25, -0.2) is 9.59 Å². The van der Waals surface area contributed by atoms with Crippen LogP contribution >= 0.6 is 0 Å². The molecular weight excluding hydrogens is 252 g/mol. The van der Waals surface area contributed by atoms with Crippen LogP contribution in [0.4, 0.5) is 4.79 Å². The normalized spacial score (nSPS) is 12.2. The van der Waals surface area contributed by atoms with Crippen molar-refractivity contribution in [2.45, 2.75) is 51.7 Å². The minimum absolute atomic E-state index is 0.285. The predicted octanol–water partition coefficient (Wildman–Crippen LogP) is 1.68. The third-order valence-corrected chi connectivity index (χ3v) is 2.05. The maximum Gasteiger partial charge on any atom is 0.407 e. The average Bonchev–Trinajstić information content (AvgIpc) is 2.24. The molecule has 19 heavy (non-hydrogen) atoms. The Morgan fingerprint density at radius 1 is 1.42 bits per heavy atom. The predicted molar refractivity (Wildman–Crippen MR) is 66.8 cm³/mol. The molecule has 0 aliphatic rings. The number of rotatable bonds is 7. The molecular formula is C11H21N4O4+. The maximum absolute atomic E-state index is 11.3. The molecule has 0 fully saturated rings. The summed E-state index contributed by atoms with van der Waals surface area (Å²) in [4.78, 5) is 24.7. The molecule has 1 amide bonds. The number of carboxylic acids is 1. The number of carboxylic acid groups (broad SMARTS) is 1. The lowest BCUT2D eigenvalue weighted by Crippen LogP contribution is -2.33. The zero-order chi connectivity index (χ0) is 14.9. The van der Waals surface area contributed by atoms with Gasteiger partial charge in [0.05, 0.1) is 0 Å². The van der Waals surface area contributed by atoms with E-state index in [9.17, 15) is 9.59 Å². The highest BCUT2D eigenvalue weighted by molar-refractivity contribution is 5.73. The Kier molecular flexibility index (Phi) is 7.36. The minimum Gasteiger partial charge on any atom is -0.479 e. The van der Waals surface area contributed by atoms with Gasteiger partial charge < -0.3 is 15.2 Å². The molecule has 0 aromatic heterocycles. The molecule has 8 heteroatoms. The van der Waals surface area contributed by atoms with Crippen LogP contribution in [-0.2, 0) is 9.53 Å². The molecule has 0 heterocycles. The van der Waals surface area contributed by atoms with Gasteiger partial charge in [0.15, 0.2) is 0 Å². The summed E-state index contributed by atoms with van der Waals surface area (Å²) in [5.74, 6) is -1.10. The van der Waals surface area contributed by atoms with Crippen molar-refractivity contribution in [2.75, 3.05) is 6.54 Å². The first kappa shape index (κ1) is 17.1. The SMILES string of the molecule is CC(C)(C)OC(=O)NCCCC[C@H](N=[N+]=N)C(=O)O. The Labute approximate surface area is 111 Å². The first-order valence-corrected chi connectivity index (χ1v) is 6.02. The lowest BCUT2D eigenvalue weighted by molar-refractivity contribution is -0.138. The van der Waals surface area contributed by atoms with Gasteiger partial charge in [-0.3, -0.25) is 0 Å². The number of unbranched alkanes of at least 4 members (excludes halogenated alkanes) is 1. The van der Waals surface area contributed by atoms with E-state index in [2.05, 4.69) is 15.3 Å². The van der Waals surface area contributed by atoms with Gasteiger partial charge in [0.2, 0.25) is 11.0 Å². The van der Waals surface area contributed by atoms with E-state index in [4.69, 9.17) is 15.4 Å². The van der Waals surface area contributed by atoms with Crippen LogP contribution in [0.3, 0.4) is 0 Å². The highest BCUT2D eigenvalue weighted by Gasteiger charge is 2.21. The van der Waals surface area contributed by atoms with Gasteiger partial charge in [0, 0.05) is 6.54 Å². The Morgan fingerprint density at radius 2 is 2.05 bits per heavy atom. The summed E-state index contributed by atoms with van der Waals surface area (Å²) in [6.45, 7) is 5.72. The van der Waals surface area contributed by atoms with Gasteiger partial charge in [-0.15, -0.1) is 0 Å². The number of ether oxygens (including phenoxy) is 1. The number of carbonyl (C=O) groups excluding carboxylic acids is 1. The zero-order valence-corrected chi connectivity index (χ0v) is 11.5. The van der Waals surface area contributed by atoms with Crippen molar-refractivity contribution in [1.29, 1.82) is 5.53 Å². The van der Waals surface area contributed by atoms with Crippen LogP contribution in [-0.4, -0.2) is 35.4 Å². The number of aliphatic carboxylic acids is 1. The van der Waals surface area contributed by atoms with E-state index in [1.165, 1.54) is 0 Å². The molecule has 3 N–H and O–H groups in total. The van der Waals surface area contributed by atoms with Gasteiger partial charge in [0.25, 0.3) is 0 Å². The van der Waals surface area contributed by atoms with Crippen LogP contribution in [0, 0.1) is 5.53 Å². The number of hydrogen-bond donors (Lipinski definition) is 3. The molecule has 0 saturated carbocycles. The zero-order valence-electron chi connectivity index (χ0n) is 11.5. The summed E-state index contributed by atoms with van der Waals surface area (Å²) in [6, 6.07) is -0.987. The second-order valence-corrected chi connectivity index (χ2v) is 4.99. The minimum atomic E-state index is -1.10. The smallest absolute Gasteiger partial charge is 0.407 e. The summed E-state index contributed by atoms with van der Waals surface area (Å²) in [7, 11) is 0. The Bertz CT molecular complexity index is 356. The van der Waals surface area contributed by atoms with Gasteiger partial charge in [-0.05, 0) is 40.0 Å². The Morgan fingerprint density at radius 3 is 2.53 bits per heavy atom. The molecule has 0 unspecified atom stereocenters. The maximum atomic E-state index is 11.3. The van der Waals surface area contributed by atoms with Gasteiger partial charge in [0.1, 0.15) is 16.2 Å². The van der Waals surface area contributed by atoms with Crippen molar-refractivity contribution in [1.82, 2.24) is 10.2 Å². The number of nitrogens with zero attached hydrogens (tertiary/aromatic N) is 2. The molecule has 0 aromatic carbocycles. The van der Waals surface area contributed by atoms with Crippen LogP contribution < -0.4 is 10.2 Å². The number of amides is 1. The average molecular weight is 273 g/mol. The van der Waals surface area contributed by atoms with Crippen LogP contribution in [0.5, 0.6) is 0 Å². The van der Waals surface area contributed by atoms with Crippen molar-refractivity contribution in [3.63, 3.8) is 0 Å². The lowest BCUT2D eigenvalue weighted by atomic mass is 10.1. The fourth-order valence-corrected chi connectivity index (χ4v) is 1.27. The van der Waals surface area contributed by atoms with E-state index in [0.717, 1.165) is 0 Å². The molecule has 8 nitrogen and oxygen atoms in total. The van der Waals surface area contributed by atoms with E-state index in [-0.39, 0.29) is 6.42 Å². The second kappa shape index (κ2) is 8.20. The molecule has 108 valence electrons. The fourth-order valence-electron chi connectivity index (χ4n) is 1.27. The second-order valence-electron chi connectivity index (χ2n) is 4.99. The number of carbonyl (C=O) groups is 2. The van der Waals surface area contributed by atoms with Crippen molar-refractivity contribution in [3.8, 4) is 0 Å². The van der Waals surface area contributed by atoms with E-state index in [0.29, 0.717) is 19.4 Å². The number of hydrogen-bond acceptors (Lipinski definition) is 5. The van der Waals surface area contributed by atoms with Crippen molar-refractivity contribution in [3.05, 3.63) is 0 Å². The highest BCUT2D eigenvalue weighted by Crippen LogP contribution is 2.07. The summed E-state index contributed by atoms with van der Waals surface area (Å²) >= 11 is 0. The molecule has 0 rings (SSSR count). The summed E-state index contributed by atoms with van der Waals surface area (Å²) < 4.78 is 5.04. The summed E-state index contributed by atoms with van der Waals surface area (Å²) in [6.07, 6.45) is 0.962. The van der Waals surface area contributed by atoms with Crippen molar-refractivity contribution < 1.29 is 19.4 Å². The fraction of sp³-hybridized carbons (Fsp3) is 0.818. The van der Waals surface area contributed by atoms with Crippen LogP contribution in [0.1, 0.15) is 40.0 Å². The topological polar surface area (TPSA) is 126 Å². The first-order chi connectivity index (χ1) is 8.76. The standard InChI is InChI=1S/C11H20N4O4/c1-11(2,3)19-10(18)13-7-5-4-6-8(9(16)17)14-15-12/h8,12H,4-7H2,1-3H3,(H-,13,16,17,18)/p+1/t8-/m0/s1. The molecule has 0 spiro atoms. The number of nitrogens with one attached hydrogen (secondary N) is 2. The largest absolute Gasteiger partial charge is 0.479 e. The molecule has 0 radical (unpaired) electrons. The van der Waals surface area contributed by atoms with E-state index in [1.807, 2.05) is 0 Å². The molecule has 0 aromatic rings. The summed E-state index contributed by atoms with van der Waals surface area (Å²) in [5.41, 5.74) is 5.97. The Balaban J connectivity index is 3.78. The summed E-state index contributed by atoms with van der Waals surface area (Å²) in [5, 5.41) is 14.6. The van der Waals surface area contributed by atoms with Crippen LogP contribution in [0.15, 0.2) is 5.11 Å². The molecule has 0 aliphatic heterocycles. The number of alkyl carbamates (subject to hydrolysis) is 1. The third-order valence-electron chi connectivity index (χ3n) is 2.05. The molecule has 1 atom stereocenters. The molecule has 0 bridgehead atoms. The van der Waals surface area contributed by atoms with Crippen molar-refractivity contribution >= 4 is 12.1 Å². The van der Waals surface area contributed by atoms with E-state index >= 15 is 0 Å². The third kappa shape index (κ3) is 9.72. The van der Waals surface area contributed by atoms with E-state index < -0.39 is 23.7 Å². The van der Waals surface area contributed by atoms with Gasteiger partial charge >= 0.3 is 12.1 Å².